The molecule has 1 amide bonds. The van der Waals surface area contributed by atoms with Crippen molar-refractivity contribution in [3.8, 4) is 6.07 Å². The van der Waals surface area contributed by atoms with Gasteiger partial charge in [-0.15, -0.1) is 0 Å². The van der Waals surface area contributed by atoms with Gasteiger partial charge in [0.2, 0.25) is 5.91 Å². The number of nitriles is 1. The molecule has 0 aliphatic heterocycles. The van der Waals surface area contributed by atoms with Crippen molar-refractivity contribution < 1.29 is 4.79 Å². The van der Waals surface area contributed by atoms with E-state index >= 15 is 0 Å². The van der Waals surface area contributed by atoms with Gasteiger partial charge in [-0.3, -0.25) is 4.79 Å². The van der Waals surface area contributed by atoms with Gasteiger partial charge in [-0.05, 0) is 19.9 Å². The summed E-state index contributed by atoms with van der Waals surface area (Å²) in [4.78, 5) is 13.3. The Kier molecular flexibility index (Phi) is 7.57. The Morgan fingerprint density at radius 3 is 2.56 bits per heavy atom. The van der Waals surface area contributed by atoms with Crippen LogP contribution in [0.3, 0.4) is 0 Å². The standard InChI is InChI=1S/C12H23N3O/c1-10(2)14-7-5-6-12(16)15(4)9-11(3)8-13/h10-11,14H,5-7,9H2,1-4H3. The van der Waals surface area contributed by atoms with Crippen LogP contribution in [0.1, 0.15) is 33.6 Å². The number of rotatable bonds is 7. The Hall–Kier alpha value is -1.08. The van der Waals surface area contributed by atoms with Gasteiger partial charge < -0.3 is 10.2 Å². The monoisotopic (exact) mass is 225 g/mol. The minimum absolute atomic E-state index is 0.0947. The van der Waals surface area contributed by atoms with E-state index in [4.69, 9.17) is 5.26 Å². The van der Waals surface area contributed by atoms with Gasteiger partial charge in [-0.2, -0.15) is 5.26 Å². The summed E-state index contributed by atoms with van der Waals surface area (Å²) in [6.07, 6.45) is 1.40. The number of nitrogens with one attached hydrogen (secondary N) is 1. The van der Waals surface area contributed by atoms with Crippen LogP contribution in [-0.4, -0.2) is 37.0 Å². The number of amides is 1. The average Bonchev–Trinajstić information content (AvgIpc) is 2.23. The maximum atomic E-state index is 11.6. The Morgan fingerprint density at radius 1 is 1.44 bits per heavy atom. The summed E-state index contributed by atoms with van der Waals surface area (Å²) in [5.74, 6) is 0.0235. The molecule has 0 rings (SSSR count). The molecule has 0 aliphatic carbocycles. The molecule has 0 aliphatic rings. The Labute approximate surface area is 98.6 Å². The quantitative estimate of drug-likeness (QED) is 0.666. The zero-order chi connectivity index (χ0) is 12.6. The molecule has 4 nitrogen and oxygen atoms in total. The predicted octanol–water partition coefficient (Wildman–Crippen LogP) is 1.38. The molecule has 0 spiro atoms. The summed E-state index contributed by atoms with van der Waals surface area (Å²) in [7, 11) is 1.76. The van der Waals surface area contributed by atoms with E-state index in [1.54, 1.807) is 11.9 Å². The molecule has 1 N–H and O–H groups in total. The first-order valence-electron chi connectivity index (χ1n) is 5.84. The van der Waals surface area contributed by atoms with E-state index < -0.39 is 0 Å². The molecule has 92 valence electrons. The fourth-order valence-electron chi connectivity index (χ4n) is 1.37. The van der Waals surface area contributed by atoms with E-state index in [2.05, 4.69) is 25.2 Å². The van der Waals surface area contributed by atoms with Gasteiger partial charge in [0.05, 0.1) is 12.0 Å². The summed E-state index contributed by atoms with van der Waals surface area (Å²) >= 11 is 0. The zero-order valence-electron chi connectivity index (χ0n) is 10.8. The van der Waals surface area contributed by atoms with Gasteiger partial charge in [-0.25, -0.2) is 0 Å². The first-order valence-corrected chi connectivity index (χ1v) is 5.84. The largest absolute Gasteiger partial charge is 0.344 e. The van der Waals surface area contributed by atoms with E-state index in [-0.39, 0.29) is 11.8 Å². The molecule has 0 saturated heterocycles. The SMILES string of the molecule is CC(C#N)CN(C)C(=O)CCCNC(C)C. The van der Waals surface area contributed by atoms with Crippen molar-refractivity contribution in [3.05, 3.63) is 0 Å². The molecule has 0 bridgehead atoms. The van der Waals surface area contributed by atoms with Crippen LogP contribution in [0.2, 0.25) is 0 Å². The maximum Gasteiger partial charge on any atom is 0.222 e. The van der Waals surface area contributed by atoms with Crippen LogP contribution in [-0.2, 0) is 4.79 Å². The van der Waals surface area contributed by atoms with Gasteiger partial charge in [0, 0.05) is 26.1 Å². The van der Waals surface area contributed by atoms with Crippen molar-refractivity contribution in [1.82, 2.24) is 10.2 Å². The normalized spacial score (nSPS) is 12.2. The van der Waals surface area contributed by atoms with E-state index in [1.165, 1.54) is 0 Å². The summed E-state index contributed by atoms with van der Waals surface area (Å²) in [5.41, 5.74) is 0. The van der Waals surface area contributed by atoms with Crippen molar-refractivity contribution in [1.29, 1.82) is 5.26 Å². The number of hydrogen-bond acceptors (Lipinski definition) is 3. The van der Waals surface area contributed by atoms with Gasteiger partial charge >= 0.3 is 0 Å². The average molecular weight is 225 g/mol. The Balaban J connectivity index is 3.68. The minimum atomic E-state index is -0.0947. The van der Waals surface area contributed by atoms with Crippen LogP contribution in [0.25, 0.3) is 0 Å². The molecule has 0 saturated carbocycles. The highest BCUT2D eigenvalue weighted by Gasteiger charge is 2.11. The van der Waals surface area contributed by atoms with Gasteiger partial charge in [-0.1, -0.05) is 13.8 Å². The molecular formula is C12H23N3O. The molecule has 1 unspecified atom stereocenters. The van der Waals surface area contributed by atoms with Crippen LogP contribution in [0.15, 0.2) is 0 Å². The summed E-state index contributed by atoms with van der Waals surface area (Å²) in [5, 5.41) is 11.9. The topological polar surface area (TPSA) is 56.1 Å². The minimum Gasteiger partial charge on any atom is -0.344 e. The molecule has 0 aromatic carbocycles. The smallest absolute Gasteiger partial charge is 0.222 e. The second-order valence-corrected chi connectivity index (χ2v) is 4.52. The molecule has 16 heavy (non-hydrogen) atoms. The summed E-state index contributed by atoms with van der Waals surface area (Å²) in [6.45, 7) is 7.38. The third-order valence-electron chi connectivity index (χ3n) is 2.31. The predicted molar refractivity (Wildman–Crippen MR) is 64.8 cm³/mol. The molecule has 1 atom stereocenters. The molecular weight excluding hydrogens is 202 g/mol. The lowest BCUT2D eigenvalue weighted by Gasteiger charge is -2.18. The number of nitrogens with zero attached hydrogens (tertiary/aromatic N) is 2. The van der Waals surface area contributed by atoms with Crippen molar-refractivity contribution in [2.45, 2.75) is 39.7 Å². The fraction of sp³-hybridized carbons (Fsp3) is 0.833. The van der Waals surface area contributed by atoms with Crippen LogP contribution in [0.4, 0.5) is 0 Å². The second kappa shape index (κ2) is 8.12. The highest BCUT2D eigenvalue weighted by molar-refractivity contribution is 5.75. The molecule has 0 radical (unpaired) electrons. The fourth-order valence-corrected chi connectivity index (χ4v) is 1.37. The van der Waals surface area contributed by atoms with Crippen molar-refractivity contribution in [2.24, 2.45) is 5.92 Å². The summed E-state index contributed by atoms with van der Waals surface area (Å²) < 4.78 is 0. The van der Waals surface area contributed by atoms with Gasteiger partial charge in [0.1, 0.15) is 0 Å². The van der Waals surface area contributed by atoms with Crippen LogP contribution in [0.5, 0.6) is 0 Å². The zero-order valence-corrected chi connectivity index (χ0v) is 10.8. The molecule has 4 heteroatoms. The number of carbonyl (C=O) groups excluding carboxylic acids is 1. The lowest BCUT2D eigenvalue weighted by atomic mass is 10.2. The van der Waals surface area contributed by atoms with E-state index in [1.807, 2.05) is 6.92 Å². The third-order valence-corrected chi connectivity index (χ3v) is 2.31. The molecule has 0 fully saturated rings. The van der Waals surface area contributed by atoms with E-state index in [0.717, 1.165) is 13.0 Å². The first kappa shape index (κ1) is 14.9. The van der Waals surface area contributed by atoms with Crippen molar-refractivity contribution >= 4 is 5.91 Å². The van der Waals surface area contributed by atoms with Crippen molar-refractivity contribution in [3.63, 3.8) is 0 Å². The lowest BCUT2D eigenvalue weighted by Crippen LogP contribution is -2.31. The maximum absolute atomic E-state index is 11.6. The van der Waals surface area contributed by atoms with E-state index in [9.17, 15) is 4.79 Å². The third kappa shape index (κ3) is 7.24. The van der Waals surface area contributed by atoms with E-state index in [0.29, 0.717) is 19.0 Å². The number of hydrogen-bond donors (Lipinski definition) is 1. The Morgan fingerprint density at radius 2 is 2.06 bits per heavy atom. The first-order chi connectivity index (χ1) is 7.47. The summed E-state index contributed by atoms with van der Waals surface area (Å²) in [6, 6.07) is 2.59. The highest BCUT2D eigenvalue weighted by Crippen LogP contribution is 2.00. The molecule has 0 aromatic rings. The number of carbonyl (C=O) groups is 1. The van der Waals surface area contributed by atoms with Gasteiger partial charge in [0.15, 0.2) is 0 Å². The molecule has 0 aromatic heterocycles. The second-order valence-electron chi connectivity index (χ2n) is 4.52. The van der Waals surface area contributed by atoms with Crippen LogP contribution < -0.4 is 5.32 Å². The Bertz CT molecular complexity index is 245. The van der Waals surface area contributed by atoms with Crippen molar-refractivity contribution in [2.75, 3.05) is 20.1 Å². The van der Waals surface area contributed by atoms with Crippen LogP contribution in [0, 0.1) is 17.2 Å². The lowest BCUT2D eigenvalue weighted by molar-refractivity contribution is -0.130. The van der Waals surface area contributed by atoms with Gasteiger partial charge in [0.25, 0.3) is 0 Å². The highest BCUT2D eigenvalue weighted by atomic mass is 16.2. The molecule has 0 heterocycles. The van der Waals surface area contributed by atoms with Crippen LogP contribution >= 0.6 is 0 Å².